The summed E-state index contributed by atoms with van der Waals surface area (Å²) in [5, 5.41) is 2.66. The number of benzene rings is 1. The fourth-order valence-electron chi connectivity index (χ4n) is 1.74. The van der Waals surface area contributed by atoms with Crippen LogP contribution < -0.4 is 19.5 Å². The number of ether oxygens (including phenoxy) is 3. The Bertz CT molecular complexity index is 515. The number of methoxy groups -OCH3 is 3. The molecule has 0 bridgehead atoms. The minimum absolute atomic E-state index is 0.229. The highest BCUT2D eigenvalue weighted by molar-refractivity contribution is 6.21. The first kappa shape index (κ1) is 17.4. The van der Waals surface area contributed by atoms with Crippen LogP contribution in [0.5, 0.6) is 17.2 Å². The number of carbonyl (C=O) groups excluding carboxylic acids is 1. The van der Waals surface area contributed by atoms with Gasteiger partial charge in [-0.05, 0) is 32.9 Å². The van der Waals surface area contributed by atoms with Gasteiger partial charge in [0.2, 0.25) is 5.75 Å². The Morgan fingerprint density at radius 2 is 1.71 bits per heavy atom. The topological polar surface area (TPSA) is 56.8 Å². The van der Waals surface area contributed by atoms with E-state index in [2.05, 4.69) is 5.32 Å². The lowest BCUT2D eigenvalue weighted by molar-refractivity contribution is 0.0908. The van der Waals surface area contributed by atoms with Crippen LogP contribution in [0.25, 0.3) is 0 Å². The highest BCUT2D eigenvalue weighted by atomic mass is 35.5. The molecule has 1 atom stereocenters. The van der Waals surface area contributed by atoms with Crippen LogP contribution in [0.15, 0.2) is 12.1 Å². The van der Waals surface area contributed by atoms with E-state index in [4.69, 9.17) is 25.8 Å². The van der Waals surface area contributed by atoms with Gasteiger partial charge in [-0.25, -0.2) is 0 Å². The van der Waals surface area contributed by atoms with Gasteiger partial charge in [-0.1, -0.05) is 0 Å². The SMILES string of the molecule is COc1ccc(C(=O)NC(C)(C)C(C)Cl)c(OC)c1OC. The molecule has 1 aromatic rings. The molecule has 5 nitrogen and oxygen atoms in total. The van der Waals surface area contributed by atoms with Crippen LogP contribution in [0.4, 0.5) is 0 Å². The summed E-state index contributed by atoms with van der Waals surface area (Å²) in [4.78, 5) is 12.5. The maximum Gasteiger partial charge on any atom is 0.255 e. The first-order chi connectivity index (χ1) is 9.78. The van der Waals surface area contributed by atoms with Crippen molar-refractivity contribution in [3.8, 4) is 17.2 Å². The summed E-state index contributed by atoms with van der Waals surface area (Å²) < 4.78 is 15.8. The van der Waals surface area contributed by atoms with Crippen molar-refractivity contribution in [1.82, 2.24) is 5.32 Å². The molecule has 0 aliphatic rings. The summed E-state index contributed by atoms with van der Waals surface area (Å²) in [6.45, 7) is 5.54. The van der Waals surface area contributed by atoms with Crippen molar-refractivity contribution < 1.29 is 19.0 Å². The molecule has 1 unspecified atom stereocenters. The van der Waals surface area contributed by atoms with Gasteiger partial charge >= 0.3 is 0 Å². The molecule has 0 saturated carbocycles. The Labute approximate surface area is 130 Å². The molecule has 1 rings (SSSR count). The van der Waals surface area contributed by atoms with E-state index in [-0.39, 0.29) is 11.3 Å². The predicted octanol–water partition coefficient (Wildman–Crippen LogP) is 2.85. The maximum absolute atomic E-state index is 12.5. The van der Waals surface area contributed by atoms with Gasteiger partial charge in [0.05, 0.1) is 37.8 Å². The second-order valence-electron chi connectivity index (χ2n) is 5.17. The molecular formula is C15H22ClNO4. The molecule has 0 saturated heterocycles. The number of amides is 1. The number of hydrogen-bond acceptors (Lipinski definition) is 4. The van der Waals surface area contributed by atoms with E-state index >= 15 is 0 Å². The van der Waals surface area contributed by atoms with E-state index in [1.807, 2.05) is 20.8 Å². The van der Waals surface area contributed by atoms with Crippen molar-refractivity contribution in [2.45, 2.75) is 31.7 Å². The van der Waals surface area contributed by atoms with Crippen molar-refractivity contribution in [3.05, 3.63) is 17.7 Å². The molecule has 0 fully saturated rings. The van der Waals surface area contributed by atoms with Crippen LogP contribution in [0, 0.1) is 0 Å². The van der Waals surface area contributed by atoms with Crippen LogP contribution in [0.3, 0.4) is 0 Å². The number of alkyl halides is 1. The number of nitrogens with one attached hydrogen (secondary N) is 1. The van der Waals surface area contributed by atoms with E-state index in [9.17, 15) is 4.79 Å². The van der Waals surface area contributed by atoms with E-state index in [0.29, 0.717) is 22.8 Å². The Morgan fingerprint density at radius 3 is 2.14 bits per heavy atom. The largest absolute Gasteiger partial charge is 0.493 e. The van der Waals surface area contributed by atoms with Crippen molar-refractivity contribution >= 4 is 17.5 Å². The predicted molar refractivity (Wildman–Crippen MR) is 83.0 cm³/mol. The number of carbonyl (C=O) groups is 1. The van der Waals surface area contributed by atoms with Gasteiger partial charge in [0.25, 0.3) is 5.91 Å². The third-order valence-corrected chi connectivity index (χ3v) is 3.92. The van der Waals surface area contributed by atoms with E-state index in [1.54, 1.807) is 12.1 Å². The fraction of sp³-hybridized carbons (Fsp3) is 0.533. The van der Waals surface area contributed by atoms with Gasteiger partial charge in [-0.3, -0.25) is 4.79 Å². The number of rotatable bonds is 6. The molecule has 0 spiro atoms. The Kier molecular flexibility index (Phi) is 5.72. The maximum atomic E-state index is 12.5. The quantitative estimate of drug-likeness (QED) is 0.820. The normalized spacial score (nSPS) is 12.5. The molecule has 0 aromatic heterocycles. The van der Waals surface area contributed by atoms with Crippen molar-refractivity contribution in [1.29, 1.82) is 0 Å². The third kappa shape index (κ3) is 3.73. The average Bonchev–Trinajstić information content (AvgIpc) is 2.44. The van der Waals surface area contributed by atoms with Gasteiger partial charge in [-0.15, -0.1) is 11.6 Å². The molecule has 1 amide bonds. The lowest BCUT2D eigenvalue weighted by Gasteiger charge is -2.29. The molecule has 0 radical (unpaired) electrons. The first-order valence-electron chi connectivity index (χ1n) is 6.54. The van der Waals surface area contributed by atoms with E-state index in [0.717, 1.165) is 0 Å². The van der Waals surface area contributed by atoms with Gasteiger partial charge in [0.1, 0.15) is 0 Å². The average molecular weight is 316 g/mol. The van der Waals surface area contributed by atoms with Crippen LogP contribution in [-0.2, 0) is 0 Å². The second kappa shape index (κ2) is 6.89. The molecule has 0 heterocycles. The number of hydrogen-bond donors (Lipinski definition) is 1. The minimum atomic E-state index is -0.559. The van der Waals surface area contributed by atoms with E-state index < -0.39 is 5.54 Å². The second-order valence-corrected chi connectivity index (χ2v) is 5.83. The van der Waals surface area contributed by atoms with Gasteiger partial charge in [0.15, 0.2) is 11.5 Å². The van der Waals surface area contributed by atoms with Gasteiger partial charge in [-0.2, -0.15) is 0 Å². The molecule has 0 aliphatic carbocycles. The monoisotopic (exact) mass is 315 g/mol. The molecule has 118 valence electrons. The highest BCUT2D eigenvalue weighted by Crippen LogP contribution is 2.39. The zero-order valence-corrected chi connectivity index (χ0v) is 14.0. The summed E-state index contributed by atoms with van der Waals surface area (Å²) in [7, 11) is 4.49. The third-order valence-electron chi connectivity index (χ3n) is 3.38. The minimum Gasteiger partial charge on any atom is -0.493 e. The van der Waals surface area contributed by atoms with Crippen LogP contribution in [0.1, 0.15) is 31.1 Å². The summed E-state index contributed by atoms with van der Waals surface area (Å²) in [5.41, 5.74) is -0.197. The van der Waals surface area contributed by atoms with E-state index in [1.165, 1.54) is 21.3 Å². The summed E-state index contributed by atoms with van der Waals surface area (Å²) in [5.74, 6) is 0.915. The van der Waals surface area contributed by atoms with Crippen molar-refractivity contribution in [3.63, 3.8) is 0 Å². The lowest BCUT2D eigenvalue weighted by atomic mass is 10.0. The van der Waals surface area contributed by atoms with Crippen LogP contribution in [-0.4, -0.2) is 38.2 Å². The standard InChI is InChI=1S/C15H22ClNO4/c1-9(16)15(2,3)17-14(18)10-7-8-11(19-4)13(21-6)12(10)20-5/h7-9H,1-6H3,(H,17,18). The van der Waals surface area contributed by atoms with Gasteiger partial charge in [0, 0.05) is 0 Å². The van der Waals surface area contributed by atoms with Crippen LogP contribution in [0.2, 0.25) is 0 Å². The first-order valence-corrected chi connectivity index (χ1v) is 6.97. The fourth-order valence-corrected chi connectivity index (χ4v) is 1.79. The zero-order chi connectivity index (χ0) is 16.2. The summed E-state index contributed by atoms with van der Waals surface area (Å²) in [6, 6.07) is 3.29. The smallest absolute Gasteiger partial charge is 0.255 e. The summed E-state index contributed by atoms with van der Waals surface area (Å²) in [6.07, 6.45) is 0. The lowest BCUT2D eigenvalue weighted by Crippen LogP contribution is -2.49. The molecule has 1 aromatic carbocycles. The molecule has 0 aliphatic heterocycles. The molecular weight excluding hydrogens is 294 g/mol. The Hall–Kier alpha value is -1.62. The summed E-state index contributed by atoms with van der Waals surface area (Å²) >= 11 is 6.09. The number of halogens is 1. The van der Waals surface area contributed by atoms with Crippen LogP contribution >= 0.6 is 11.6 Å². The Balaban J connectivity index is 3.22. The molecule has 21 heavy (non-hydrogen) atoms. The van der Waals surface area contributed by atoms with Crippen molar-refractivity contribution in [2.75, 3.05) is 21.3 Å². The zero-order valence-electron chi connectivity index (χ0n) is 13.2. The molecule has 1 N–H and O–H groups in total. The van der Waals surface area contributed by atoms with Crippen molar-refractivity contribution in [2.24, 2.45) is 0 Å². The molecule has 6 heteroatoms. The highest BCUT2D eigenvalue weighted by Gasteiger charge is 2.29. The van der Waals surface area contributed by atoms with Gasteiger partial charge < -0.3 is 19.5 Å². The Morgan fingerprint density at radius 1 is 1.14 bits per heavy atom.